The number of rotatable bonds is 16. The molecule has 0 bridgehead atoms. The van der Waals surface area contributed by atoms with E-state index in [9.17, 15) is 63.0 Å². The van der Waals surface area contributed by atoms with Crippen LogP contribution in [0.2, 0.25) is 0 Å². The molecule has 6 aliphatic heterocycles. The fraction of sp³-hybridized carbons (Fsp3) is 0.361. The molecule has 0 saturated carbocycles. The van der Waals surface area contributed by atoms with E-state index in [4.69, 9.17) is 48.7 Å². The molecule has 0 spiro atoms. The molecule has 31 heteroatoms. The van der Waals surface area contributed by atoms with Crippen molar-refractivity contribution < 1.29 is 106 Å². The zero-order chi connectivity index (χ0) is 81.4. The summed E-state index contributed by atoms with van der Waals surface area (Å²) in [5.74, 6) is -6.54. The Morgan fingerprint density at radius 3 is 1.13 bits per heavy atom. The SMILES string of the molecule is CC(=O)O[C@@H](C(=O)Nc1ccc2c(c1)C=C(C)C2)[C@H]1OCCN(c2cccc(N3CCOCC3=O)c2)C1=O.CC(=O)O[C@@H](C(=O)O)[C@H]1OCCN(c2cccc(N3CCOCC3=O)c2)C1=O.CC1=Cc2cc(N)ccc2C1.CC1=Cc2cc(NC(=O)[C@H](O)[C@H]3OCCN(c4cccc(N5CCOCC5=O)c4)C3=O)ccc2C1.CO. The van der Waals surface area contributed by atoms with Crippen LogP contribution in [0, 0.1) is 0 Å². The largest absolute Gasteiger partial charge is 0.478 e. The lowest BCUT2D eigenvalue weighted by Gasteiger charge is -2.35. The first kappa shape index (κ1) is 83.1. The number of benzene rings is 6. The third-order valence-corrected chi connectivity index (χ3v) is 19.5. The number of aliphatic carboxylic acids is 1. The van der Waals surface area contributed by atoms with Crippen molar-refractivity contribution in [1.29, 1.82) is 0 Å². The fourth-order valence-corrected chi connectivity index (χ4v) is 14.2. The number of hydrogen-bond acceptors (Lipinski definition) is 22. The van der Waals surface area contributed by atoms with E-state index in [1.165, 1.54) is 60.6 Å². The van der Waals surface area contributed by atoms with Gasteiger partial charge in [-0.1, -0.05) is 71.3 Å². The number of allylic oxidation sites excluding steroid dienone is 3. The van der Waals surface area contributed by atoms with E-state index in [-0.39, 0.29) is 77.0 Å². The van der Waals surface area contributed by atoms with Crippen molar-refractivity contribution in [2.45, 2.75) is 90.5 Å². The minimum Gasteiger partial charge on any atom is -0.478 e. The van der Waals surface area contributed by atoms with Crippen molar-refractivity contribution in [1.82, 2.24) is 0 Å². The molecule has 3 aliphatic carbocycles. The number of morpholine rings is 6. The molecule has 114 heavy (non-hydrogen) atoms. The standard InChI is InChI=1S/C28H29N3O7.C26H27N3O6.C18H20N2O8.C10H11N.CH4O/c1-17-12-19-6-7-21(14-20(19)13-17)29-27(34)25(38-18(2)32)26-28(35)31(9-11-37-26)23-5-3-4-22(15-23)30-8-10-36-16-24(30)33;1-16-11-17-5-6-19(13-18(17)12-16)27-25(32)23(31)24-26(33)29(8-10-35-24)21-4-2-3-20(14-21)28-7-9-34-15-22(28)30;1-11(21)28-16(18(24)25)15-17(23)20(6-8-27-15)13-4-2-3-12(9-13)19-5-7-26-10-14(19)22;1-7-4-8-2-3-10(11)6-9(8)5-7;1-2/h3-7,13-15,25-26H,8-12,16H2,1-2H3,(H,29,34);2-6,12-14,23-24,31H,7-11,15H2,1H3,(H,27,32);2-4,9,15-16H,5-8,10H2,1H3,(H,24,25);2-3,5-6H,4,11H2,1H3;2H,1H3/t25-,26-;23-,24-;15-,16-;;/m111../s1. The molecule has 8 amide bonds. The lowest BCUT2D eigenvalue weighted by molar-refractivity contribution is -0.177. The number of hydrogen-bond donors (Lipinski definition) is 6. The topological polar surface area (TPSA) is 392 Å². The van der Waals surface area contributed by atoms with Crippen LogP contribution in [-0.4, -0.2) is 223 Å². The van der Waals surface area contributed by atoms with Crippen LogP contribution >= 0.6 is 0 Å². The Kier molecular flexibility index (Phi) is 27.8. The molecule has 6 heterocycles. The quantitative estimate of drug-likeness (QED) is 0.0501. The predicted octanol–water partition coefficient (Wildman–Crippen LogP) is 5.69. The van der Waals surface area contributed by atoms with Gasteiger partial charge in [0.15, 0.2) is 24.4 Å². The summed E-state index contributed by atoms with van der Waals surface area (Å²) in [5.41, 5.74) is 22.1. The van der Waals surface area contributed by atoms with Crippen molar-refractivity contribution in [2.24, 2.45) is 0 Å². The third-order valence-electron chi connectivity index (χ3n) is 19.5. The number of anilines is 9. The van der Waals surface area contributed by atoms with Gasteiger partial charge in [-0.2, -0.15) is 0 Å². The van der Waals surface area contributed by atoms with Gasteiger partial charge in [-0.25, -0.2) is 4.79 Å². The molecule has 6 fully saturated rings. The number of esters is 2. The van der Waals surface area contributed by atoms with Crippen LogP contribution in [0.4, 0.5) is 51.2 Å². The Balaban J connectivity index is 0.000000157. The van der Waals surface area contributed by atoms with Gasteiger partial charge in [0.25, 0.3) is 47.3 Å². The first-order chi connectivity index (χ1) is 54.8. The zero-order valence-corrected chi connectivity index (χ0v) is 63.9. The lowest BCUT2D eigenvalue weighted by Crippen LogP contribution is -2.56. The average molecular weight is 1570 g/mol. The number of aliphatic hydroxyl groups excluding tert-OH is 2. The minimum atomic E-state index is -1.74. The van der Waals surface area contributed by atoms with E-state index in [2.05, 4.69) is 41.9 Å². The molecule has 6 aromatic rings. The van der Waals surface area contributed by atoms with Crippen LogP contribution < -0.4 is 45.8 Å². The smallest absolute Gasteiger partial charge is 0.348 e. The normalized spacial score (nSPS) is 19.8. The maximum atomic E-state index is 13.6. The fourth-order valence-electron chi connectivity index (χ4n) is 14.2. The number of nitrogens with one attached hydrogen (secondary N) is 2. The van der Waals surface area contributed by atoms with E-state index in [0.29, 0.717) is 85.0 Å². The van der Waals surface area contributed by atoms with Gasteiger partial charge in [0, 0.05) is 111 Å². The summed E-state index contributed by atoms with van der Waals surface area (Å²) in [5, 5.41) is 32.5. The summed E-state index contributed by atoms with van der Waals surface area (Å²) >= 11 is 0. The number of nitrogens with zero attached hydrogens (tertiary/aromatic N) is 6. The van der Waals surface area contributed by atoms with Gasteiger partial charge in [-0.3, -0.25) is 47.9 Å². The van der Waals surface area contributed by atoms with Gasteiger partial charge < -0.3 is 99.0 Å². The second-order valence-corrected chi connectivity index (χ2v) is 27.8. The molecule has 600 valence electrons. The van der Waals surface area contributed by atoms with Crippen molar-refractivity contribution in [3.63, 3.8) is 0 Å². The molecule has 15 rings (SSSR count). The number of nitrogens with two attached hydrogens (primary N) is 1. The molecule has 6 atom stereocenters. The lowest BCUT2D eigenvalue weighted by atomic mass is 10.1. The Labute approximate surface area is 657 Å². The maximum absolute atomic E-state index is 13.6. The van der Waals surface area contributed by atoms with Crippen molar-refractivity contribution in [3.8, 4) is 0 Å². The molecule has 6 saturated heterocycles. The molecule has 6 aromatic carbocycles. The number of ether oxygens (including phenoxy) is 8. The number of carbonyl (C=O) groups excluding carboxylic acids is 10. The Morgan fingerprint density at radius 1 is 0.430 bits per heavy atom. The molecule has 0 radical (unpaired) electrons. The molecule has 0 unspecified atom stereocenters. The van der Waals surface area contributed by atoms with E-state index in [0.717, 1.165) is 50.1 Å². The monoisotopic (exact) mass is 1570 g/mol. The van der Waals surface area contributed by atoms with Crippen LogP contribution in [0.15, 0.2) is 144 Å². The maximum Gasteiger partial charge on any atom is 0.348 e. The first-order valence-electron chi connectivity index (χ1n) is 37.1. The Hall–Kier alpha value is -11.8. The number of carboxylic acid groups (broad SMARTS) is 1. The second-order valence-electron chi connectivity index (χ2n) is 27.8. The number of nitrogen functional groups attached to an aromatic ring is 1. The second kappa shape index (κ2) is 38.1. The molecular weight excluding hydrogens is 1470 g/mol. The third kappa shape index (κ3) is 20.3. The highest BCUT2D eigenvalue weighted by atomic mass is 16.6. The molecule has 31 nitrogen and oxygen atoms in total. The molecule has 7 N–H and O–H groups in total. The highest BCUT2D eigenvalue weighted by Gasteiger charge is 2.45. The highest BCUT2D eigenvalue weighted by molar-refractivity contribution is 6.07. The van der Waals surface area contributed by atoms with E-state index in [1.807, 2.05) is 50.2 Å². The van der Waals surface area contributed by atoms with E-state index < -0.39 is 84.1 Å². The van der Waals surface area contributed by atoms with Crippen molar-refractivity contribution in [2.75, 3.05) is 152 Å². The van der Waals surface area contributed by atoms with Gasteiger partial charge >= 0.3 is 17.9 Å². The number of carboxylic acids is 1. The van der Waals surface area contributed by atoms with Gasteiger partial charge in [-0.15, -0.1) is 0 Å². The first-order valence-corrected chi connectivity index (χ1v) is 37.1. The van der Waals surface area contributed by atoms with Crippen LogP contribution in [0.1, 0.15) is 68.0 Å². The Morgan fingerprint density at radius 2 is 0.754 bits per heavy atom. The van der Waals surface area contributed by atoms with Gasteiger partial charge in [0.2, 0.25) is 12.2 Å². The summed E-state index contributed by atoms with van der Waals surface area (Å²) in [4.78, 5) is 146. The van der Waals surface area contributed by atoms with Crippen LogP contribution in [0.25, 0.3) is 18.2 Å². The summed E-state index contributed by atoms with van der Waals surface area (Å²) in [6, 6.07) is 38.1. The molecule has 9 aliphatic rings. The summed E-state index contributed by atoms with van der Waals surface area (Å²) < 4.78 is 42.1. The van der Waals surface area contributed by atoms with Crippen LogP contribution in [-0.2, 0) is 110 Å². The predicted molar refractivity (Wildman–Crippen MR) is 421 cm³/mol. The summed E-state index contributed by atoms with van der Waals surface area (Å²) in [6.45, 7) is 12.1. The molecular formula is C83H91N9O22. The Bertz CT molecular complexity index is 4770. The van der Waals surface area contributed by atoms with Crippen molar-refractivity contribution in [3.05, 3.63) is 177 Å². The number of aliphatic hydroxyl groups is 2. The summed E-state index contributed by atoms with van der Waals surface area (Å²) in [6.07, 6.45) is 0.115. The number of amides is 8. The van der Waals surface area contributed by atoms with Gasteiger partial charge in [0.05, 0.1) is 39.6 Å². The highest BCUT2D eigenvalue weighted by Crippen LogP contribution is 2.34. The van der Waals surface area contributed by atoms with Crippen molar-refractivity contribution >= 4 is 135 Å². The van der Waals surface area contributed by atoms with Gasteiger partial charge in [-0.05, 0) is 164 Å². The number of carbonyl (C=O) groups is 11. The van der Waals surface area contributed by atoms with E-state index >= 15 is 0 Å². The van der Waals surface area contributed by atoms with Crippen LogP contribution in [0.5, 0.6) is 0 Å². The molecule has 0 aromatic heterocycles. The van der Waals surface area contributed by atoms with Crippen LogP contribution in [0.3, 0.4) is 0 Å². The average Bonchev–Trinajstić information content (AvgIpc) is 1.24. The zero-order valence-electron chi connectivity index (χ0n) is 63.9. The van der Waals surface area contributed by atoms with Gasteiger partial charge in [0.1, 0.15) is 19.8 Å². The number of fused-ring (bicyclic) bond motifs is 3. The van der Waals surface area contributed by atoms with E-state index in [1.54, 1.807) is 99.6 Å². The minimum absolute atomic E-state index is 0.00206. The summed E-state index contributed by atoms with van der Waals surface area (Å²) in [7, 11) is 1.00.